The highest BCUT2D eigenvalue weighted by Crippen LogP contribution is 2.19. The largest absolute Gasteiger partial charge is 0.359 e. The maximum absolute atomic E-state index is 12.1. The number of piperidine rings is 1. The molecule has 1 amide bonds. The number of aryl methyl sites for hydroxylation is 1. The van der Waals surface area contributed by atoms with E-state index in [0.29, 0.717) is 19.0 Å². The van der Waals surface area contributed by atoms with Crippen LogP contribution in [0.15, 0.2) is 10.6 Å². The Labute approximate surface area is 120 Å². The third kappa shape index (κ3) is 4.07. The van der Waals surface area contributed by atoms with Gasteiger partial charge >= 0.3 is 0 Å². The summed E-state index contributed by atoms with van der Waals surface area (Å²) in [5.74, 6) is 0.922. The Morgan fingerprint density at radius 3 is 3.00 bits per heavy atom. The van der Waals surface area contributed by atoms with Crippen LogP contribution in [-0.4, -0.2) is 47.5 Å². The van der Waals surface area contributed by atoms with Gasteiger partial charge in [0.25, 0.3) is 0 Å². The van der Waals surface area contributed by atoms with E-state index in [1.807, 2.05) is 20.0 Å². The number of rotatable bonds is 5. The fourth-order valence-corrected chi connectivity index (χ4v) is 2.80. The van der Waals surface area contributed by atoms with E-state index in [4.69, 9.17) is 4.52 Å². The molecule has 112 valence electrons. The van der Waals surface area contributed by atoms with Crippen molar-refractivity contribution in [3.05, 3.63) is 17.5 Å². The molecule has 5 heteroatoms. The summed E-state index contributed by atoms with van der Waals surface area (Å²) in [4.78, 5) is 16.3. The molecule has 5 nitrogen and oxygen atoms in total. The predicted molar refractivity (Wildman–Crippen MR) is 77.2 cm³/mol. The van der Waals surface area contributed by atoms with Crippen molar-refractivity contribution in [2.45, 2.75) is 51.6 Å². The number of carbonyl (C=O) groups excluding carboxylic acids is 1. The molecule has 1 fully saturated rings. The molecule has 0 saturated carbocycles. The number of hydrogen-bond acceptors (Lipinski definition) is 4. The highest BCUT2D eigenvalue weighted by molar-refractivity contribution is 5.75. The van der Waals surface area contributed by atoms with Crippen LogP contribution in [0, 0.1) is 6.92 Å². The molecule has 0 N–H and O–H groups in total. The second-order valence-corrected chi connectivity index (χ2v) is 5.85. The first-order chi connectivity index (χ1) is 9.56. The predicted octanol–water partition coefficient (Wildman–Crippen LogP) is 2.21. The Morgan fingerprint density at radius 2 is 2.35 bits per heavy atom. The van der Waals surface area contributed by atoms with Gasteiger partial charge in [-0.05, 0) is 39.8 Å². The third-order valence-electron chi connectivity index (χ3n) is 4.11. The maximum Gasteiger partial charge on any atom is 0.222 e. The highest BCUT2D eigenvalue weighted by Gasteiger charge is 2.20. The number of aromatic nitrogens is 1. The molecule has 0 radical (unpaired) electrons. The number of likely N-dealkylation sites (tertiary alicyclic amines) is 1. The van der Waals surface area contributed by atoms with E-state index in [1.54, 1.807) is 4.90 Å². The van der Waals surface area contributed by atoms with Gasteiger partial charge in [0.05, 0.1) is 12.2 Å². The molecule has 0 aliphatic carbocycles. The summed E-state index contributed by atoms with van der Waals surface area (Å²) in [7, 11) is 3.99. The van der Waals surface area contributed by atoms with Crippen molar-refractivity contribution in [1.29, 1.82) is 0 Å². The van der Waals surface area contributed by atoms with Crippen molar-refractivity contribution >= 4 is 5.91 Å². The van der Waals surface area contributed by atoms with Gasteiger partial charge in [0.1, 0.15) is 0 Å². The van der Waals surface area contributed by atoms with Crippen LogP contribution >= 0.6 is 0 Å². The van der Waals surface area contributed by atoms with E-state index in [1.165, 1.54) is 19.3 Å². The molecule has 0 spiro atoms. The molecule has 1 aromatic heterocycles. The monoisotopic (exact) mass is 279 g/mol. The summed E-state index contributed by atoms with van der Waals surface area (Å²) in [6.07, 6.45) is 5.35. The minimum absolute atomic E-state index is 0.179. The van der Waals surface area contributed by atoms with Crippen molar-refractivity contribution in [1.82, 2.24) is 15.0 Å². The summed E-state index contributed by atoms with van der Waals surface area (Å²) >= 11 is 0. The highest BCUT2D eigenvalue weighted by atomic mass is 16.5. The first-order valence-electron chi connectivity index (χ1n) is 7.42. The molecule has 1 unspecified atom stereocenters. The first kappa shape index (κ1) is 15.0. The zero-order valence-corrected chi connectivity index (χ0v) is 12.8. The summed E-state index contributed by atoms with van der Waals surface area (Å²) in [6.45, 7) is 3.54. The second-order valence-electron chi connectivity index (χ2n) is 5.85. The van der Waals surface area contributed by atoms with Gasteiger partial charge in [-0.3, -0.25) is 4.79 Å². The van der Waals surface area contributed by atoms with E-state index in [0.717, 1.165) is 24.4 Å². The third-order valence-corrected chi connectivity index (χ3v) is 4.11. The average Bonchev–Trinajstić information content (AvgIpc) is 2.82. The van der Waals surface area contributed by atoms with Crippen LogP contribution in [0.2, 0.25) is 0 Å². The van der Waals surface area contributed by atoms with E-state index in [2.05, 4.69) is 17.1 Å². The number of carbonyl (C=O) groups is 1. The minimum atomic E-state index is 0.179. The van der Waals surface area contributed by atoms with E-state index in [9.17, 15) is 4.79 Å². The van der Waals surface area contributed by atoms with Gasteiger partial charge in [-0.25, -0.2) is 0 Å². The maximum atomic E-state index is 12.1. The molecule has 1 atom stereocenters. The van der Waals surface area contributed by atoms with E-state index in [-0.39, 0.29) is 5.91 Å². The molecule has 20 heavy (non-hydrogen) atoms. The van der Waals surface area contributed by atoms with Crippen LogP contribution in [0.5, 0.6) is 0 Å². The quantitative estimate of drug-likeness (QED) is 0.829. The Morgan fingerprint density at radius 1 is 1.55 bits per heavy atom. The van der Waals surface area contributed by atoms with Crippen LogP contribution in [0.1, 0.15) is 43.6 Å². The van der Waals surface area contributed by atoms with Crippen molar-refractivity contribution in [2.75, 3.05) is 20.6 Å². The van der Waals surface area contributed by atoms with Gasteiger partial charge in [-0.2, -0.15) is 0 Å². The van der Waals surface area contributed by atoms with Gasteiger partial charge in [0.2, 0.25) is 5.91 Å². The Hall–Kier alpha value is -1.36. The van der Waals surface area contributed by atoms with Crippen molar-refractivity contribution in [3.63, 3.8) is 0 Å². The van der Waals surface area contributed by atoms with Gasteiger partial charge in [-0.1, -0.05) is 11.6 Å². The van der Waals surface area contributed by atoms with Gasteiger partial charge in [0, 0.05) is 25.6 Å². The SMILES string of the molecule is Cc1cc(CN(C)C(=O)CCC2CCCCN2C)on1. The molecular formula is C15H25N3O2. The molecule has 1 aliphatic heterocycles. The van der Waals surface area contributed by atoms with Crippen LogP contribution in [0.25, 0.3) is 0 Å². The van der Waals surface area contributed by atoms with Gasteiger partial charge < -0.3 is 14.3 Å². The van der Waals surface area contributed by atoms with E-state index < -0.39 is 0 Å². The van der Waals surface area contributed by atoms with Gasteiger partial charge in [0.15, 0.2) is 5.76 Å². The fourth-order valence-electron chi connectivity index (χ4n) is 2.80. The normalized spacial score (nSPS) is 20.1. The molecule has 2 heterocycles. The zero-order valence-electron chi connectivity index (χ0n) is 12.8. The number of hydrogen-bond donors (Lipinski definition) is 0. The van der Waals surface area contributed by atoms with Crippen molar-refractivity contribution < 1.29 is 9.32 Å². The van der Waals surface area contributed by atoms with Crippen molar-refractivity contribution in [3.8, 4) is 0 Å². The fraction of sp³-hybridized carbons (Fsp3) is 0.733. The van der Waals surface area contributed by atoms with Crippen LogP contribution in [-0.2, 0) is 11.3 Å². The summed E-state index contributed by atoms with van der Waals surface area (Å²) < 4.78 is 5.14. The lowest BCUT2D eigenvalue weighted by Gasteiger charge is -2.32. The van der Waals surface area contributed by atoms with Crippen LogP contribution in [0.3, 0.4) is 0 Å². The summed E-state index contributed by atoms with van der Waals surface area (Å²) in [5.41, 5.74) is 0.852. The standard InChI is InChI=1S/C15H25N3O2/c1-12-10-14(20-16-12)11-18(3)15(19)8-7-13-6-4-5-9-17(13)2/h10,13H,4-9,11H2,1-3H3. The molecule has 1 aliphatic rings. The van der Waals surface area contributed by atoms with Crippen LogP contribution < -0.4 is 0 Å². The number of nitrogens with zero attached hydrogens (tertiary/aromatic N) is 3. The molecule has 1 aromatic rings. The number of amides is 1. The molecule has 1 saturated heterocycles. The summed E-state index contributed by atoms with van der Waals surface area (Å²) in [5, 5.41) is 3.84. The average molecular weight is 279 g/mol. The topological polar surface area (TPSA) is 49.6 Å². The Kier molecular flexibility index (Phi) is 5.17. The minimum Gasteiger partial charge on any atom is -0.359 e. The lowest BCUT2D eigenvalue weighted by molar-refractivity contribution is -0.131. The first-order valence-corrected chi connectivity index (χ1v) is 7.42. The Balaban J connectivity index is 1.76. The second kappa shape index (κ2) is 6.88. The lowest BCUT2D eigenvalue weighted by Crippen LogP contribution is -2.37. The van der Waals surface area contributed by atoms with Crippen LogP contribution in [0.4, 0.5) is 0 Å². The molecule has 2 rings (SSSR count). The summed E-state index contributed by atoms with van der Waals surface area (Å²) in [6, 6.07) is 2.44. The van der Waals surface area contributed by atoms with E-state index >= 15 is 0 Å². The molecule has 0 bridgehead atoms. The van der Waals surface area contributed by atoms with Gasteiger partial charge in [-0.15, -0.1) is 0 Å². The Bertz CT molecular complexity index is 444. The zero-order chi connectivity index (χ0) is 14.5. The van der Waals surface area contributed by atoms with Crippen molar-refractivity contribution in [2.24, 2.45) is 0 Å². The molecule has 0 aromatic carbocycles. The smallest absolute Gasteiger partial charge is 0.222 e. The lowest BCUT2D eigenvalue weighted by atomic mass is 9.98. The molecular weight excluding hydrogens is 254 g/mol.